The molecule has 0 saturated heterocycles. The molecular formula is C6H13N2S+. The highest BCUT2D eigenvalue weighted by molar-refractivity contribution is 7.99. The van der Waals surface area contributed by atoms with E-state index in [1.807, 2.05) is 10.7 Å². The van der Waals surface area contributed by atoms with Crippen LogP contribution >= 0.6 is 11.9 Å². The lowest BCUT2D eigenvalue weighted by Crippen LogP contribution is -2.75. The van der Waals surface area contributed by atoms with E-state index in [1.165, 1.54) is 17.6 Å². The summed E-state index contributed by atoms with van der Waals surface area (Å²) in [6, 6.07) is 0. The predicted octanol–water partition coefficient (Wildman–Crippen LogP) is 0.552. The van der Waals surface area contributed by atoms with Gasteiger partial charge in [-0.05, 0) is 6.58 Å². The van der Waals surface area contributed by atoms with Gasteiger partial charge in [0.25, 0.3) is 0 Å². The van der Waals surface area contributed by atoms with Gasteiger partial charge in [0.1, 0.15) is 5.70 Å². The molecule has 0 aromatic rings. The lowest BCUT2D eigenvalue weighted by atomic mass is 10.4. The standard InChI is InChI=1S/C6H12N2S/c1-3-6(5-9-7)8-4-2/h4-5,8H,2-3,7H2,1H3/p+1. The summed E-state index contributed by atoms with van der Waals surface area (Å²) in [7, 11) is 0. The fourth-order valence-electron chi connectivity index (χ4n) is 0.479. The average Bonchev–Trinajstić information content (AvgIpc) is 1.88. The molecule has 0 radical (unpaired) electrons. The van der Waals surface area contributed by atoms with Gasteiger partial charge in [-0.15, -0.1) is 0 Å². The zero-order valence-corrected chi connectivity index (χ0v) is 6.45. The Kier molecular flexibility index (Phi) is 5.72. The van der Waals surface area contributed by atoms with Crippen LogP contribution in [0, 0.1) is 0 Å². The third kappa shape index (κ3) is 4.27. The van der Waals surface area contributed by atoms with Crippen LogP contribution in [0.4, 0.5) is 0 Å². The van der Waals surface area contributed by atoms with Gasteiger partial charge in [-0.25, -0.2) is 0 Å². The smallest absolute Gasteiger partial charge is 0.117 e. The van der Waals surface area contributed by atoms with Crippen molar-refractivity contribution >= 4 is 11.9 Å². The molecule has 0 heterocycles. The fraction of sp³-hybridized carbons (Fsp3) is 0.333. The zero-order valence-electron chi connectivity index (χ0n) is 5.63. The van der Waals surface area contributed by atoms with Gasteiger partial charge in [0, 0.05) is 11.8 Å². The van der Waals surface area contributed by atoms with Crippen molar-refractivity contribution in [2.24, 2.45) is 5.14 Å². The van der Waals surface area contributed by atoms with E-state index in [0.29, 0.717) is 0 Å². The van der Waals surface area contributed by atoms with Crippen LogP contribution in [0.3, 0.4) is 0 Å². The van der Waals surface area contributed by atoms with Gasteiger partial charge in [0.2, 0.25) is 0 Å². The molecule has 2 nitrogen and oxygen atoms in total. The van der Waals surface area contributed by atoms with Crippen molar-refractivity contribution < 1.29 is 5.32 Å². The Labute approximate surface area is 60.3 Å². The molecule has 9 heavy (non-hydrogen) atoms. The molecule has 4 N–H and O–H groups in total. The van der Waals surface area contributed by atoms with E-state index in [4.69, 9.17) is 5.14 Å². The summed E-state index contributed by atoms with van der Waals surface area (Å²) in [5.41, 5.74) is 1.22. The maximum absolute atomic E-state index is 5.22. The van der Waals surface area contributed by atoms with Crippen LogP contribution in [-0.2, 0) is 0 Å². The van der Waals surface area contributed by atoms with Crippen molar-refractivity contribution in [2.75, 3.05) is 0 Å². The van der Waals surface area contributed by atoms with E-state index >= 15 is 0 Å². The van der Waals surface area contributed by atoms with Gasteiger partial charge in [-0.3, -0.25) is 10.5 Å². The monoisotopic (exact) mass is 145 g/mol. The number of quaternary nitrogens is 1. The Hall–Kier alpha value is -0.250. The summed E-state index contributed by atoms with van der Waals surface area (Å²) in [6.07, 6.45) is 2.78. The predicted molar refractivity (Wildman–Crippen MR) is 42.3 cm³/mol. The second kappa shape index (κ2) is 5.88. The van der Waals surface area contributed by atoms with Crippen LogP contribution < -0.4 is 10.5 Å². The molecule has 0 amide bonds. The highest BCUT2D eigenvalue weighted by atomic mass is 32.2. The van der Waals surface area contributed by atoms with Crippen LogP contribution in [-0.4, -0.2) is 0 Å². The van der Waals surface area contributed by atoms with Crippen molar-refractivity contribution in [3.8, 4) is 0 Å². The second-order valence-corrected chi connectivity index (χ2v) is 2.09. The largest absolute Gasteiger partial charge is 0.291 e. The SMILES string of the molecule is C=C[NH2+]C(=CSN)CC. The number of hydrogen-bond acceptors (Lipinski definition) is 2. The molecule has 0 aliphatic heterocycles. The van der Waals surface area contributed by atoms with Gasteiger partial charge in [0.15, 0.2) is 0 Å². The number of nitrogens with two attached hydrogens (primary N) is 2. The summed E-state index contributed by atoms with van der Waals surface area (Å²) >= 11 is 1.23. The van der Waals surface area contributed by atoms with E-state index < -0.39 is 0 Å². The summed E-state index contributed by atoms with van der Waals surface area (Å²) in [5.74, 6) is 0. The van der Waals surface area contributed by atoms with E-state index in [9.17, 15) is 0 Å². The molecule has 3 heteroatoms. The number of allylic oxidation sites excluding steroid dienone is 1. The van der Waals surface area contributed by atoms with Gasteiger partial charge >= 0.3 is 0 Å². The summed E-state index contributed by atoms with van der Waals surface area (Å²) in [4.78, 5) is 0. The molecule has 0 unspecified atom stereocenters. The summed E-state index contributed by atoms with van der Waals surface area (Å²) < 4.78 is 0. The van der Waals surface area contributed by atoms with Crippen LogP contribution in [0.1, 0.15) is 13.3 Å². The Morgan fingerprint density at radius 1 is 1.89 bits per heavy atom. The zero-order chi connectivity index (χ0) is 7.11. The second-order valence-electron chi connectivity index (χ2n) is 1.58. The molecule has 0 spiro atoms. The lowest BCUT2D eigenvalue weighted by Gasteiger charge is -1.93. The minimum atomic E-state index is 1.01. The molecule has 0 aliphatic carbocycles. The molecule has 0 rings (SSSR count). The molecule has 0 saturated carbocycles. The minimum absolute atomic E-state index is 1.01. The summed E-state index contributed by atoms with van der Waals surface area (Å²) in [6.45, 7) is 5.67. The van der Waals surface area contributed by atoms with Crippen molar-refractivity contribution in [1.82, 2.24) is 0 Å². The molecule has 0 fully saturated rings. The average molecular weight is 145 g/mol. The molecule has 0 bridgehead atoms. The Bertz CT molecular complexity index is 110. The van der Waals surface area contributed by atoms with Crippen molar-refractivity contribution in [3.05, 3.63) is 23.9 Å². The number of hydrogen-bond donors (Lipinski definition) is 2. The lowest BCUT2D eigenvalue weighted by molar-refractivity contribution is -0.536. The highest BCUT2D eigenvalue weighted by Gasteiger charge is 1.91. The fourth-order valence-corrected chi connectivity index (χ4v) is 0.899. The first-order valence-electron chi connectivity index (χ1n) is 2.85. The van der Waals surface area contributed by atoms with E-state index in [1.54, 1.807) is 6.20 Å². The normalized spacial score (nSPS) is 11.6. The van der Waals surface area contributed by atoms with E-state index in [0.717, 1.165) is 6.42 Å². The summed E-state index contributed by atoms with van der Waals surface area (Å²) in [5, 5.41) is 9.10. The maximum Gasteiger partial charge on any atom is 0.117 e. The first kappa shape index (κ1) is 8.75. The topological polar surface area (TPSA) is 42.6 Å². The Morgan fingerprint density at radius 3 is 2.89 bits per heavy atom. The van der Waals surface area contributed by atoms with Gasteiger partial charge in [-0.2, -0.15) is 0 Å². The van der Waals surface area contributed by atoms with Crippen LogP contribution in [0.25, 0.3) is 0 Å². The van der Waals surface area contributed by atoms with Gasteiger partial charge in [0.05, 0.1) is 6.20 Å². The van der Waals surface area contributed by atoms with Crippen LogP contribution in [0.15, 0.2) is 23.9 Å². The van der Waals surface area contributed by atoms with E-state index in [2.05, 4.69) is 13.5 Å². The Morgan fingerprint density at radius 2 is 2.56 bits per heavy atom. The molecule has 0 aromatic heterocycles. The molecule has 0 atom stereocenters. The first-order valence-corrected chi connectivity index (χ1v) is 3.79. The number of rotatable bonds is 4. The van der Waals surface area contributed by atoms with Crippen molar-refractivity contribution in [3.63, 3.8) is 0 Å². The molecule has 0 aliphatic rings. The molecular weight excluding hydrogens is 132 g/mol. The third-order valence-electron chi connectivity index (χ3n) is 0.960. The van der Waals surface area contributed by atoms with E-state index in [-0.39, 0.29) is 0 Å². The quantitative estimate of drug-likeness (QED) is 0.567. The van der Waals surface area contributed by atoms with Crippen molar-refractivity contribution in [1.29, 1.82) is 0 Å². The molecule has 0 aromatic carbocycles. The third-order valence-corrected chi connectivity index (χ3v) is 1.40. The van der Waals surface area contributed by atoms with Gasteiger partial charge < -0.3 is 0 Å². The highest BCUT2D eigenvalue weighted by Crippen LogP contribution is 1.95. The van der Waals surface area contributed by atoms with Crippen LogP contribution in [0.5, 0.6) is 0 Å². The van der Waals surface area contributed by atoms with Crippen LogP contribution in [0.2, 0.25) is 0 Å². The molecule has 52 valence electrons. The minimum Gasteiger partial charge on any atom is -0.291 e. The van der Waals surface area contributed by atoms with Crippen molar-refractivity contribution in [2.45, 2.75) is 13.3 Å². The first-order chi connectivity index (χ1) is 4.35. The Balaban J connectivity index is 3.65. The maximum atomic E-state index is 5.22. The van der Waals surface area contributed by atoms with Gasteiger partial charge in [-0.1, -0.05) is 18.9 Å².